The van der Waals surface area contributed by atoms with Crippen LogP contribution in [-0.2, 0) is 4.74 Å². The number of aryl methyl sites for hydroxylation is 4. The summed E-state index contributed by atoms with van der Waals surface area (Å²) >= 11 is 7.02. The summed E-state index contributed by atoms with van der Waals surface area (Å²) in [5.74, 6) is 8.86. The first kappa shape index (κ1) is 60.4. The zero-order valence-electron chi connectivity index (χ0n) is 48.6. The van der Waals surface area contributed by atoms with Gasteiger partial charge in [0.1, 0.15) is 0 Å². The smallest absolute Gasteiger partial charge is 0.280 e. The highest BCUT2D eigenvalue weighted by Gasteiger charge is 2.25. The fourth-order valence-corrected chi connectivity index (χ4v) is 10.7. The molecule has 8 nitrogen and oxygen atoms in total. The van der Waals surface area contributed by atoms with Crippen LogP contribution < -0.4 is 11.3 Å². The molecule has 9 aromatic rings. The summed E-state index contributed by atoms with van der Waals surface area (Å²) < 4.78 is 9.53. The predicted molar refractivity (Wildman–Crippen MR) is 343 cm³/mol. The van der Waals surface area contributed by atoms with E-state index in [2.05, 4.69) is 238 Å². The molecule has 9 rings (SSSR count). The van der Waals surface area contributed by atoms with Crippen molar-refractivity contribution < 1.29 is 9.53 Å². The maximum Gasteiger partial charge on any atom is 0.280 e. The van der Waals surface area contributed by atoms with E-state index in [0.717, 1.165) is 59.8 Å². The Bertz CT molecular complexity index is 3500. The van der Waals surface area contributed by atoms with Gasteiger partial charge in [-0.1, -0.05) is 200 Å². The van der Waals surface area contributed by atoms with Gasteiger partial charge >= 0.3 is 0 Å². The molecule has 0 aliphatic carbocycles. The van der Waals surface area contributed by atoms with Gasteiger partial charge in [-0.2, -0.15) is 4.99 Å². The van der Waals surface area contributed by atoms with Crippen LogP contribution in [0.5, 0.6) is 0 Å². The van der Waals surface area contributed by atoms with E-state index in [4.69, 9.17) is 20.7 Å². The van der Waals surface area contributed by atoms with Gasteiger partial charge < -0.3 is 10.2 Å². The zero-order valence-corrected chi connectivity index (χ0v) is 51.8. The molecule has 8 aromatic carbocycles. The number of ether oxygens (including phenoxy) is 1. The molecular weight excluding hydrogens is 1120 g/mol. The number of aliphatic imine (C=N–C) groups is 1. The second-order valence-electron chi connectivity index (χ2n) is 21.6. The second-order valence-corrected chi connectivity index (χ2v) is 23.5. The molecule has 3 N–H and O–H groups in total. The maximum atomic E-state index is 12.3. The quantitative estimate of drug-likeness (QED) is 0.0515. The van der Waals surface area contributed by atoms with Gasteiger partial charge in [0.2, 0.25) is 5.90 Å². The first-order valence-electron chi connectivity index (χ1n) is 27.6. The SMILES string of the molecule is CC(C)c1cc(-c2ccccc2)cc(C(C)C)c1NN.CCOC(=NC(=O)c1cccc(Br)c1)c1cc(C)cc(C)c1.Cc1cc(C)cc(-c2nc(-c3cccc(Br)c3)n(-c3c(C(C)C)cc(-c4ccccc4)cc3C(C)C)n2)c1. The lowest BCUT2D eigenvalue weighted by Crippen LogP contribution is -2.13. The summed E-state index contributed by atoms with van der Waals surface area (Å²) in [6.07, 6.45) is 0. The van der Waals surface area contributed by atoms with Crippen molar-refractivity contribution >= 4 is 49.4 Å². The van der Waals surface area contributed by atoms with Crippen LogP contribution in [0.3, 0.4) is 0 Å². The fraction of sp³-hybridized carbons (Fsp3) is 0.257. The van der Waals surface area contributed by atoms with Crippen LogP contribution in [0, 0.1) is 27.7 Å². The van der Waals surface area contributed by atoms with Crippen LogP contribution in [0.25, 0.3) is 50.7 Å². The number of carbonyl (C=O) groups is 1. The van der Waals surface area contributed by atoms with Crippen molar-refractivity contribution in [3.63, 3.8) is 0 Å². The van der Waals surface area contributed by atoms with Crippen LogP contribution in [0.4, 0.5) is 5.69 Å². The maximum absolute atomic E-state index is 12.3. The van der Waals surface area contributed by atoms with Crippen molar-refractivity contribution in [2.75, 3.05) is 12.0 Å². The number of halogens is 2. The number of rotatable bonds is 13. The van der Waals surface area contributed by atoms with Crippen molar-refractivity contribution in [3.05, 3.63) is 234 Å². The molecule has 0 atom stereocenters. The number of hydrazine groups is 1. The average Bonchev–Trinajstić information content (AvgIpc) is 3.91. The van der Waals surface area contributed by atoms with E-state index in [-0.39, 0.29) is 5.91 Å². The Balaban J connectivity index is 0.000000188. The Hall–Kier alpha value is -7.24. The van der Waals surface area contributed by atoms with Crippen LogP contribution >= 0.6 is 31.9 Å². The Morgan fingerprint density at radius 2 is 0.975 bits per heavy atom. The number of benzene rings is 8. The summed E-state index contributed by atoms with van der Waals surface area (Å²) in [5.41, 5.74) is 23.2. The van der Waals surface area contributed by atoms with E-state index >= 15 is 0 Å². The van der Waals surface area contributed by atoms with E-state index in [1.165, 1.54) is 55.6 Å². The van der Waals surface area contributed by atoms with Crippen LogP contribution in [0.1, 0.15) is 146 Å². The van der Waals surface area contributed by atoms with Crippen molar-refractivity contribution in [1.82, 2.24) is 14.8 Å². The Labute approximate surface area is 492 Å². The third kappa shape index (κ3) is 15.4. The van der Waals surface area contributed by atoms with E-state index in [1.54, 1.807) is 12.1 Å². The van der Waals surface area contributed by atoms with Gasteiger partial charge in [-0.15, -0.1) is 5.10 Å². The minimum absolute atomic E-state index is 0.301. The Morgan fingerprint density at radius 3 is 1.43 bits per heavy atom. The summed E-state index contributed by atoms with van der Waals surface area (Å²) in [4.78, 5) is 21.7. The zero-order chi connectivity index (χ0) is 57.8. The normalized spacial score (nSPS) is 11.4. The third-order valence-electron chi connectivity index (χ3n) is 13.6. The number of nitrogens with two attached hydrogens (primary N) is 1. The van der Waals surface area contributed by atoms with E-state index in [9.17, 15) is 4.79 Å². The summed E-state index contributed by atoms with van der Waals surface area (Å²) in [5, 5.41) is 5.22. The Morgan fingerprint density at radius 1 is 0.525 bits per heavy atom. The molecule has 0 fully saturated rings. The number of aromatic nitrogens is 3. The highest BCUT2D eigenvalue weighted by atomic mass is 79.9. The predicted octanol–water partition coefficient (Wildman–Crippen LogP) is 19.5. The van der Waals surface area contributed by atoms with Crippen molar-refractivity contribution in [2.24, 2.45) is 10.8 Å². The minimum Gasteiger partial charge on any atom is -0.477 e. The van der Waals surface area contributed by atoms with Gasteiger partial charge in [-0.05, 0) is 182 Å². The topological polar surface area (TPSA) is 107 Å². The monoisotopic (exact) mass is 1190 g/mol. The number of carbonyl (C=O) groups excluding carboxylic acids is 1. The van der Waals surface area contributed by atoms with Gasteiger partial charge in [0, 0.05) is 31.2 Å². The largest absolute Gasteiger partial charge is 0.477 e. The average molecular weight is 1190 g/mol. The standard InChI is InChI=1S/C34H34BrN3.C18H18BrNO2.C18H24N2/c1-21(2)30-19-27(25-11-8-7-9-12-25)20-31(22(3)4)32(30)38-34(26-13-10-14-29(35)18-26)36-33(37-38)28-16-23(5)15-24(6)17-28;1-4-22-18(15-9-12(2)8-13(3)10-15)20-17(21)14-6-5-7-16(19)11-14;1-12(2)16-10-15(14-8-6-5-7-9-14)11-17(13(3)4)18(16)20-19/h7-22H,1-6H3;5-11H,4H2,1-3H3;5-13,20H,19H2,1-4H3. The van der Waals surface area contributed by atoms with Gasteiger partial charge in [-0.25, -0.2) is 9.67 Å². The number of amides is 1. The van der Waals surface area contributed by atoms with Gasteiger partial charge in [0.25, 0.3) is 5.91 Å². The summed E-state index contributed by atoms with van der Waals surface area (Å²) in [6.45, 7) is 28.5. The minimum atomic E-state index is -0.316. The second kappa shape index (κ2) is 27.8. The van der Waals surface area contributed by atoms with Crippen LogP contribution in [0.15, 0.2) is 184 Å². The first-order valence-corrected chi connectivity index (χ1v) is 29.2. The molecule has 0 aliphatic rings. The highest BCUT2D eigenvalue weighted by molar-refractivity contribution is 9.10. The fourth-order valence-electron chi connectivity index (χ4n) is 9.87. The lowest BCUT2D eigenvalue weighted by Gasteiger charge is -2.22. The molecule has 0 spiro atoms. The summed E-state index contributed by atoms with van der Waals surface area (Å²) in [7, 11) is 0. The number of nitrogen functional groups attached to an aromatic ring is 1. The number of hydrogen-bond acceptors (Lipinski definition) is 6. The van der Waals surface area contributed by atoms with Crippen molar-refractivity contribution in [2.45, 2.75) is 114 Å². The molecule has 1 amide bonds. The van der Waals surface area contributed by atoms with E-state index < -0.39 is 0 Å². The summed E-state index contributed by atoms with van der Waals surface area (Å²) in [6, 6.07) is 58.4. The van der Waals surface area contributed by atoms with E-state index in [0.29, 0.717) is 41.7 Å². The van der Waals surface area contributed by atoms with Gasteiger partial charge in [-0.3, -0.25) is 10.6 Å². The lowest BCUT2D eigenvalue weighted by atomic mass is 9.88. The molecule has 0 bridgehead atoms. The molecule has 1 heterocycles. The third-order valence-corrected chi connectivity index (χ3v) is 14.6. The molecule has 10 heteroatoms. The number of nitrogens with one attached hydrogen (secondary N) is 1. The molecule has 0 unspecified atom stereocenters. The lowest BCUT2D eigenvalue weighted by molar-refractivity contribution is 0.0999. The molecular formula is C70H76Br2N6O2. The molecule has 0 saturated heterocycles. The first-order chi connectivity index (χ1) is 38.2. The number of anilines is 1. The molecule has 80 heavy (non-hydrogen) atoms. The van der Waals surface area contributed by atoms with Crippen molar-refractivity contribution in [3.8, 4) is 50.7 Å². The van der Waals surface area contributed by atoms with Crippen LogP contribution in [-0.4, -0.2) is 33.2 Å². The molecule has 0 saturated carbocycles. The highest BCUT2D eigenvalue weighted by Crippen LogP contribution is 2.40. The Kier molecular flexibility index (Phi) is 21.0. The molecule has 0 radical (unpaired) electrons. The van der Waals surface area contributed by atoms with Gasteiger partial charge in [0.15, 0.2) is 11.6 Å². The van der Waals surface area contributed by atoms with Crippen molar-refractivity contribution in [1.29, 1.82) is 0 Å². The molecule has 0 aliphatic heterocycles. The molecule has 1 aromatic heterocycles. The number of hydrogen-bond donors (Lipinski definition) is 2. The number of nitrogens with zero attached hydrogens (tertiary/aromatic N) is 4. The van der Waals surface area contributed by atoms with E-state index in [1.807, 2.05) is 57.2 Å². The molecule has 412 valence electrons. The van der Waals surface area contributed by atoms with Crippen LogP contribution in [0.2, 0.25) is 0 Å². The van der Waals surface area contributed by atoms with Gasteiger partial charge in [0.05, 0.1) is 18.0 Å².